The molecule has 0 saturated heterocycles. The number of hydrogen-bond acceptors (Lipinski definition) is 5. The zero-order valence-corrected chi connectivity index (χ0v) is 9.43. The number of hydrogen-bond donors (Lipinski definition) is 2. The fraction of sp³-hybridized carbons (Fsp3) is 0.400. The van der Waals surface area contributed by atoms with E-state index >= 15 is 0 Å². The molecule has 3 N–H and O–H groups in total. The van der Waals surface area contributed by atoms with E-state index in [1.165, 1.54) is 6.20 Å². The summed E-state index contributed by atoms with van der Waals surface area (Å²) < 4.78 is 4.90. The van der Waals surface area contributed by atoms with Crippen LogP contribution in [0.5, 0.6) is 0 Å². The van der Waals surface area contributed by atoms with E-state index < -0.39 is 0 Å². The van der Waals surface area contributed by atoms with Crippen LogP contribution in [0.25, 0.3) is 0 Å². The van der Waals surface area contributed by atoms with Crippen LogP contribution in [0.2, 0.25) is 0 Å². The van der Waals surface area contributed by atoms with Crippen molar-refractivity contribution in [2.45, 2.75) is 0 Å². The van der Waals surface area contributed by atoms with Crippen molar-refractivity contribution in [3.05, 3.63) is 23.9 Å². The van der Waals surface area contributed by atoms with E-state index in [0.717, 1.165) is 0 Å². The molecule has 1 rings (SSSR count). The van der Waals surface area contributed by atoms with Crippen molar-refractivity contribution in [3.8, 4) is 0 Å². The number of hydrazine groups is 1. The van der Waals surface area contributed by atoms with Gasteiger partial charge in [-0.25, -0.2) is 10.8 Å². The van der Waals surface area contributed by atoms with Gasteiger partial charge in [-0.05, 0) is 12.1 Å². The Morgan fingerprint density at radius 2 is 2.44 bits per heavy atom. The van der Waals surface area contributed by atoms with Gasteiger partial charge in [-0.1, -0.05) is 0 Å². The molecular weight excluding hydrogens is 208 g/mol. The van der Waals surface area contributed by atoms with Crippen LogP contribution in [0, 0.1) is 0 Å². The third kappa shape index (κ3) is 3.18. The summed E-state index contributed by atoms with van der Waals surface area (Å²) in [4.78, 5) is 17.4. The first-order valence-electron chi connectivity index (χ1n) is 4.86. The van der Waals surface area contributed by atoms with Crippen molar-refractivity contribution < 1.29 is 9.53 Å². The third-order valence-corrected chi connectivity index (χ3v) is 2.13. The van der Waals surface area contributed by atoms with Crippen molar-refractivity contribution in [2.75, 3.05) is 32.7 Å². The van der Waals surface area contributed by atoms with Crippen molar-refractivity contribution in [1.82, 2.24) is 9.88 Å². The van der Waals surface area contributed by atoms with E-state index in [0.29, 0.717) is 24.5 Å². The van der Waals surface area contributed by atoms with Crippen LogP contribution in [0.15, 0.2) is 18.3 Å². The zero-order chi connectivity index (χ0) is 12.0. The largest absolute Gasteiger partial charge is 0.383 e. The monoisotopic (exact) mass is 224 g/mol. The first kappa shape index (κ1) is 12.4. The molecule has 16 heavy (non-hydrogen) atoms. The molecule has 0 unspecified atom stereocenters. The second-order valence-electron chi connectivity index (χ2n) is 3.29. The molecule has 1 amide bonds. The highest BCUT2D eigenvalue weighted by atomic mass is 16.5. The Hall–Kier alpha value is -1.66. The van der Waals surface area contributed by atoms with Crippen LogP contribution in [0.1, 0.15) is 10.4 Å². The predicted molar refractivity (Wildman–Crippen MR) is 60.9 cm³/mol. The maximum Gasteiger partial charge on any atom is 0.253 e. The molecule has 0 radical (unpaired) electrons. The Morgan fingerprint density at radius 3 is 3.06 bits per heavy atom. The maximum absolute atomic E-state index is 11.9. The van der Waals surface area contributed by atoms with Gasteiger partial charge in [0.05, 0.1) is 6.61 Å². The number of likely N-dealkylation sites (N-methyl/N-ethyl adjacent to an activating group) is 1. The summed E-state index contributed by atoms with van der Waals surface area (Å²) in [5, 5.41) is 0. The molecule has 0 fully saturated rings. The standard InChI is InChI=1S/C10H16N4O2/c1-14(5-6-16-2)10(15)8-3-4-12-9(7-8)13-11/h3-4,7H,5-6,11H2,1-2H3,(H,12,13). The van der Waals surface area contributed by atoms with Crippen LogP contribution in [0.4, 0.5) is 5.82 Å². The van der Waals surface area contributed by atoms with Gasteiger partial charge in [0.1, 0.15) is 5.82 Å². The normalized spacial score (nSPS) is 9.94. The number of carbonyl (C=O) groups excluding carboxylic acids is 1. The van der Waals surface area contributed by atoms with Crippen LogP contribution in [-0.4, -0.2) is 43.1 Å². The van der Waals surface area contributed by atoms with Gasteiger partial charge < -0.3 is 15.1 Å². The van der Waals surface area contributed by atoms with Crippen molar-refractivity contribution >= 4 is 11.7 Å². The first-order valence-corrected chi connectivity index (χ1v) is 4.86. The molecule has 0 aliphatic rings. The zero-order valence-electron chi connectivity index (χ0n) is 9.43. The number of methoxy groups -OCH3 is 1. The Labute approximate surface area is 94.4 Å². The summed E-state index contributed by atoms with van der Waals surface area (Å²) in [6.45, 7) is 1.05. The van der Waals surface area contributed by atoms with Gasteiger partial charge in [-0.3, -0.25) is 4.79 Å². The number of nitrogens with two attached hydrogens (primary N) is 1. The fourth-order valence-electron chi connectivity index (χ4n) is 1.19. The van der Waals surface area contributed by atoms with E-state index in [2.05, 4.69) is 10.4 Å². The first-order chi connectivity index (χ1) is 7.69. The van der Waals surface area contributed by atoms with E-state index in [-0.39, 0.29) is 5.91 Å². The number of ether oxygens (including phenoxy) is 1. The highest BCUT2D eigenvalue weighted by Gasteiger charge is 2.11. The van der Waals surface area contributed by atoms with Gasteiger partial charge in [0, 0.05) is 32.5 Å². The number of rotatable bonds is 5. The van der Waals surface area contributed by atoms with Gasteiger partial charge in [0.2, 0.25) is 0 Å². The molecule has 1 aromatic rings. The second-order valence-corrected chi connectivity index (χ2v) is 3.29. The van der Waals surface area contributed by atoms with Crippen LogP contribution >= 0.6 is 0 Å². The molecule has 6 nitrogen and oxygen atoms in total. The molecular formula is C10H16N4O2. The van der Waals surface area contributed by atoms with Crippen LogP contribution in [0.3, 0.4) is 0 Å². The Balaban J connectivity index is 2.71. The van der Waals surface area contributed by atoms with Gasteiger partial charge in [-0.2, -0.15) is 0 Å². The van der Waals surface area contributed by atoms with Crippen molar-refractivity contribution in [2.24, 2.45) is 5.84 Å². The van der Waals surface area contributed by atoms with Crippen molar-refractivity contribution in [3.63, 3.8) is 0 Å². The maximum atomic E-state index is 11.9. The van der Waals surface area contributed by atoms with E-state index in [1.807, 2.05) is 0 Å². The molecule has 0 aromatic carbocycles. The minimum absolute atomic E-state index is 0.0871. The van der Waals surface area contributed by atoms with Gasteiger partial charge in [-0.15, -0.1) is 0 Å². The summed E-state index contributed by atoms with van der Waals surface area (Å²) in [5.41, 5.74) is 2.94. The summed E-state index contributed by atoms with van der Waals surface area (Å²) in [6.07, 6.45) is 1.53. The lowest BCUT2D eigenvalue weighted by Gasteiger charge is -2.16. The molecule has 0 saturated carbocycles. The molecule has 1 heterocycles. The molecule has 0 spiro atoms. The highest BCUT2D eigenvalue weighted by Crippen LogP contribution is 2.07. The minimum Gasteiger partial charge on any atom is -0.383 e. The van der Waals surface area contributed by atoms with Crippen LogP contribution < -0.4 is 11.3 Å². The lowest BCUT2D eigenvalue weighted by atomic mass is 10.2. The summed E-state index contributed by atoms with van der Waals surface area (Å²) in [6, 6.07) is 3.25. The Morgan fingerprint density at radius 1 is 1.69 bits per heavy atom. The molecule has 88 valence electrons. The number of nitrogens with one attached hydrogen (secondary N) is 1. The number of pyridine rings is 1. The van der Waals surface area contributed by atoms with E-state index in [1.54, 1.807) is 31.2 Å². The lowest BCUT2D eigenvalue weighted by Crippen LogP contribution is -2.30. The molecule has 1 aromatic heterocycles. The van der Waals surface area contributed by atoms with Crippen LogP contribution in [-0.2, 0) is 4.74 Å². The molecule has 0 aliphatic heterocycles. The average Bonchev–Trinajstić information content (AvgIpc) is 2.35. The lowest BCUT2D eigenvalue weighted by molar-refractivity contribution is 0.0744. The Kier molecular flexibility index (Phi) is 4.68. The fourth-order valence-corrected chi connectivity index (χ4v) is 1.19. The van der Waals surface area contributed by atoms with E-state index in [4.69, 9.17) is 10.6 Å². The molecule has 0 aliphatic carbocycles. The average molecular weight is 224 g/mol. The molecule has 0 bridgehead atoms. The second kappa shape index (κ2) is 6.04. The number of amides is 1. The molecule has 6 heteroatoms. The summed E-state index contributed by atoms with van der Waals surface area (Å²) in [7, 11) is 3.32. The predicted octanol–water partition coefficient (Wildman–Crippen LogP) is 0.0856. The smallest absolute Gasteiger partial charge is 0.253 e. The van der Waals surface area contributed by atoms with Gasteiger partial charge in [0.25, 0.3) is 5.91 Å². The number of aromatic nitrogens is 1. The minimum atomic E-state index is -0.0871. The quantitative estimate of drug-likeness (QED) is 0.547. The van der Waals surface area contributed by atoms with Crippen molar-refractivity contribution in [1.29, 1.82) is 0 Å². The van der Waals surface area contributed by atoms with Gasteiger partial charge in [0.15, 0.2) is 0 Å². The molecule has 0 atom stereocenters. The number of anilines is 1. The third-order valence-electron chi connectivity index (χ3n) is 2.13. The number of nitrogen functional groups attached to an aromatic ring is 1. The SMILES string of the molecule is COCCN(C)C(=O)c1ccnc(NN)c1. The number of nitrogens with zero attached hydrogens (tertiary/aromatic N) is 2. The Bertz CT molecular complexity index is 356. The van der Waals surface area contributed by atoms with E-state index in [9.17, 15) is 4.79 Å². The number of carbonyl (C=O) groups is 1. The topological polar surface area (TPSA) is 80.5 Å². The van der Waals surface area contributed by atoms with Gasteiger partial charge >= 0.3 is 0 Å². The summed E-state index contributed by atoms with van der Waals surface area (Å²) in [5.74, 6) is 5.59. The highest BCUT2D eigenvalue weighted by molar-refractivity contribution is 5.94. The summed E-state index contributed by atoms with van der Waals surface area (Å²) >= 11 is 0.